The number of nitrogens with one attached hydrogen (secondary N) is 2. The van der Waals surface area contributed by atoms with Gasteiger partial charge in [-0.25, -0.2) is 0 Å². The summed E-state index contributed by atoms with van der Waals surface area (Å²) in [4.78, 5) is 0. The van der Waals surface area contributed by atoms with Crippen LogP contribution in [0.15, 0.2) is 0 Å². The van der Waals surface area contributed by atoms with Gasteiger partial charge in [-0.15, -0.1) is 0 Å². The van der Waals surface area contributed by atoms with E-state index in [1.165, 1.54) is 6.42 Å². The molecule has 0 amide bonds. The molecule has 1 aliphatic rings. The molecule has 3 N–H and O–H groups in total. The molecule has 0 saturated carbocycles. The topological polar surface area (TPSA) is 44.3 Å². The van der Waals surface area contributed by atoms with Gasteiger partial charge in [0.1, 0.15) is 0 Å². The normalized spacial score (nSPS) is 25.4. The third-order valence-corrected chi connectivity index (χ3v) is 2.83. The van der Waals surface area contributed by atoms with Crippen molar-refractivity contribution in [2.45, 2.75) is 26.3 Å². The third-order valence-electron chi connectivity index (χ3n) is 2.83. The predicted molar refractivity (Wildman–Crippen MR) is 54.7 cm³/mol. The zero-order valence-electron chi connectivity index (χ0n) is 8.71. The number of aliphatic hydroxyl groups excluding tert-OH is 1. The van der Waals surface area contributed by atoms with Crippen LogP contribution in [0.5, 0.6) is 0 Å². The Kier molecular flexibility index (Phi) is 4.70. The molecule has 3 heteroatoms. The van der Waals surface area contributed by atoms with E-state index in [0.29, 0.717) is 5.92 Å². The Labute approximate surface area is 80.9 Å². The van der Waals surface area contributed by atoms with Crippen molar-refractivity contribution in [3.05, 3.63) is 0 Å². The standard InChI is InChI=1S/C10H22N2O/c1-8(2)10(7-13)12-6-9-3-4-11-5-9/h8-13H,3-7H2,1-2H3/t9-,10-/m1/s1. The van der Waals surface area contributed by atoms with E-state index in [9.17, 15) is 0 Å². The maximum Gasteiger partial charge on any atom is 0.0587 e. The zero-order valence-corrected chi connectivity index (χ0v) is 8.71. The fourth-order valence-corrected chi connectivity index (χ4v) is 1.72. The summed E-state index contributed by atoms with van der Waals surface area (Å²) in [5.74, 6) is 1.27. The van der Waals surface area contributed by atoms with E-state index >= 15 is 0 Å². The molecule has 1 fully saturated rings. The number of hydrogen-bond acceptors (Lipinski definition) is 3. The van der Waals surface area contributed by atoms with E-state index < -0.39 is 0 Å². The van der Waals surface area contributed by atoms with Gasteiger partial charge in [0.2, 0.25) is 0 Å². The lowest BCUT2D eigenvalue weighted by molar-refractivity contribution is 0.206. The van der Waals surface area contributed by atoms with E-state index in [1.807, 2.05) is 0 Å². The zero-order chi connectivity index (χ0) is 9.68. The van der Waals surface area contributed by atoms with Gasteiger partial charge in [-0.2, -0.15) is 0 Å². The molecule has 0 aromatic rings. The molecule has 3 nitrogen and oxygen atoms in total. The largest absolute Gasteiger partial charge is 0.395 e. The lowest BCUT2D eigenvalue weighted by Crippen LogP contribution is -2.40. The van der Waals surface area contributed by atoms with E-state index in [-0.39, 0.29) is 12.6 Å². The Morgan fingerprint density at radius 2 is 2.31 bits per heavy atom. The summed E-state index contributed by atoms with van der Waals surface area (Å²) in [5.41, 5.74) is 0. The first-order valence-electron chi connectivity index (χ1n) is 5.29. The van der Waals surface area contributed by atoms with Crippen LogP contribution < -0.4 is 10.6 Å². The van der Waals surface area contributed by atoms with Crippen LogP contribution in [0.25, 0.3) is 0 Å². The quantitative estimate of drug-likeness (QED) is 0.575. The highest BCUT2D eigenvalue weighted by molar-refractivity contribution is 4.76. The Morgan fingerprint density at radius 1 is 1.54 bits per heavy atom. The molecule has 2 atom stereocenters. The van der Waals surface area contributed by atoms with Crippen molar-refractivity contribution in [3.63, 3.8) is 0 Å². The molecule has 0 spiro atoms. The van der Waals surface area contributed by atoms with Crippen LogP contribution in [0.2, 0.25) is 0 Å². The predicted octanol–water partition coefficient (Wildman–Crippen LogP) is 0.202. The van der Waals surface area contributed by atoms with Gasteiger partial charge in [-0.05, 0) is 37.9 Å². The first-order valence-corrected chi connectivity index (χ1v) is 5.29. The van der Waals surface area contributed by atoms with E-state index in [0.717, 1.165) is 25.6 Å². The summed E-state index contributed by atoms with van der Waals surface area (Å²) in [5, 5.41) is 15.9. The molecule has 0 unspecified atom stereocenters. The van der Waals surface area contributed by atoms with Gasteiger partial charge in [0.05, 0.1) is 6.61 Å². The van der Waals surface area contributed by atoms with Crippen molar-refractivity contribution in [2.75, 3.05) is 26.2 Å². The minimum Gasteiger partial charge on any atom is -0.395 e. The minimum absolute atomic E-state index is 0.248. The van der Waals surface area contributed by atoms with Gasteiger partial charge in [0.15, 0.2) is 0 Å². The van der Waals surface area contributed by atoms with Crippen LogP contribution in [-0.4, -0.2) is 37.4 Å². The van der Waals surface area contributed by atoms with Crippen molar-refractivity contribution in [3.8, 4) is 0 Å². The highest BCUT2D eigenvalue weighted by Gasteiger charge is 2.17. The molecule has 0 bridgehead atoms. The fraction of sp³-hybridized carbons (Fsp3) is 1.00. The molecule has 0 aliphatic carbocycles. The van der Waals surface area contributed by atoms with Crippen molar-refractivity contribution >= 4 is 0 Å². The van der Waals surface area contributed by atoms with Gasteiger partial charge in [0, 0.05) is 6.04 Å². The van der Waals surface area contributed by atoms with E-state index in [2.05, 4.69) is 24.5 Å². The van der Waals surface area contributed by atoms with Gasteiger partial charge < -0.3 is 15.7 Å². The lowest BCUT2D eigenvalue weighted by Gasteiger charge is -2.21. The van der Waals surface area contributed by atoms with Crippen LogP contribution in [0.1, 0.15) is 20.3 Å². The Balaban J connectivity index is 2.15. The maximum atomic E-state index is 9.09. The van der Waals surface area contributed by atoms with Crippen molar-refractivity contribution in [1.29, 1.82) is 0 Å². The Bertz CT molecular complexity index is 133. The van der Waals surface area contributed by atoms with Crippen LogP contribution >= 0.6 is 0 Å². The van der Waals surface area contributed by atoms with Crippen LogP contribution in [0.3, 0.4) is 0 Å². The molecule has 0 radical (unpaired) electrons. The summed E-state index contributed by atoms with van der Waals surface area (Å²) in [7, 11) is 0. The number of aliphatic hydroxyl groups is 1. The summed E-state index contributed by atoms with van der Waals surface area (Å²) in [6.45, 7) is 7.84. The molecule has 1 aliphatic heterocycles. The van der Waals surface area contributed by atoms with Crippen molar-refractivity contribution in [1.82, 2.24) is 10.6 Å². The second kappa shape index (κ2) is 5.58. The summed E-state index contributed by atoms with van der Waals surface area (Å²) >= 11 is 0. The SMILES string of the molecule is CC(C)[C@@H](CO)NC[C@@H]1CCNC1. The second-order valence-electron chi connectivity index (χ2n) is 4.30. The monoisotopic (exact) mass is 186 g/mol. The van der Waals surface area contributed by atoms with Crippen molar-refractivity contribution < 1.29 is 5.11 Å². The molecule has 0 aromatic heterocycles. The molecule has 1 saturated heterocycles. The minimum atomic E-state index is 0.248. The average Bonchev–Trinajstić information content (AvgIpc) is 2.57. The highest BCUT2D eigenvalue weighted by atomic mass is 16.3. The number of hydrogen-bond donors (Lipinski definition) is 3. The van der Waals surface area contributed by atoms with E-state index in [4.69, 9.17) is 5.11 Å². The fourth-order valence-electron chi connectivity index (χ4n) is 1.72. The smallest absolute Gasteiger partial charge is 0.0587 e. The van der Waals surface area contributed by atoms with Crippen LogP contribution in [0.4, 0.5) is 0 Å². The van der Waals surface area contributed by atoms with E-state index in [1.54, 1.807) is 0 Å². The van der Waals surface area contributed by atoms with Gasteiger partial charge in [-0.1, -0.05) is 13.8 Å². The average molecular weight is 186 g/mol. The third kappa shape index (κ3) is 3.63. The second-order valence-corrected chi connectivity index (χ2v) is 4.30. The van der Waals surface area contributed by atoms with Crippen LogP contribution in [0, 0.1) is 11.8 Å². The first-order chi connectivity index (χ1) is 6.24. The molecular weight excluding hydrogens is 164 g/mol. The first kappa shape index (κ1) is 11.0. The van der Waals surface area contributed by atoms with Gasteiger partial charge in [0.25, 0.3) is 0 Å². The van der Waals surface area contributed by atoms with Gasteiger partial charge >= 0.3 is 0 Å². The number of rotatable bonds is 5. The summed E-state index contributed by atoms with van der Waals surface area (Å²) in [6, 6.07) is 0.264. The summed E-state index contributed by atoms with van der Waals surface area (Å²) < 4.78 is 0. The molecule has 0 aromatic carbocycles. The summed E-state index contributed by atoms with van der Waals surface area (Å²) in [6.07, 6.45) is 1.27. The van der Waals surface area contributed by atoms with Crippen LogP contribution in [-0.2, 0) is 0 Å². The molecule has 1 rings (SSSR count). The molecule has 1 heterocycles. The Hall–Kier alpha value is -0.120. The van der Waals surface area contributed by atoms with Crippen molar-refractivity contribution in [2.24, 2.45) is 11.8 Å². The molecular formula is C10H22N2O. The Morgan fingerprint density at radius 3 is 2.77 bits per heavy atom. The molecule has 78 valence electrons. The van der Waals surface area contributed by atoms with Gasteiger partial charge in [-0.3, -0.25) is 0 Å². The highest BCUT2D eigenvalue weighted by Crippen LogP contribution is 2.07. The maximum absolute atomic E-state index is 9.09. The molecule has 13 heavy (non-hydrogen) atoms. The lowest BCUT2D eigenvalue weighted by atomic mass is 10.0.